The van der Waals surface area contributed by atoms with Crippen LogP contribution in [0.1, 0.15) is 0 Å². The molecule has 0 spiro atoms. The molecule has 1 heterocycles. The third kappa shape index (κ3) is 1.33. The molecule has 0 aromatic heterocycles. The Morgan fingerprint density at radius 1 is 1.89 bits per heavy atom. The highest BCUT2D eigenvalue weighted by atomic mass is 16.7. The Balaban J connectivity index is 2.44. The van der Waals surface area contributed by atoms with Gasteiger partial charge in [-0.15, -0.1) is 0 Å². The second-order valence-electron chi connectivity index (χ2n) is 1.53. The molecule has 50 valence electrons. The van der Waals surface area contributed by atoms with Crippen LogP contribution in [-0.2, 0) is 4.84 Å². The molecule has 5 nitrogen and oxygen atoms in total. The van der Waals surface area contributed by atoms with E-state index in [2.05, 4.69) is 10.4 Å². The van der Waals surface area contributed by atoms with Crippen LogP contribution in [0.4, 0.5) is 4.79 Å². The largest absolute Gasteiger partial charge is 0.397 e. The number of amides is 2. The van der Waals surface area contributed by atoms with Crippen molar-refractivity contribution in [1.82, 2.24) is 10.6 Å². The summed E-state index contributed by atoms with van der Waals surface area (Å²) in [5.41, 5.74) is 7.17. The van der Waals surface area contributed by atoms with Crippen LogP contribution >= 0.6 is 0 Å². The van der Waals surface area contributed by atoms with E-state index in [0.717, 1.165) is 5.01 Å². The number of carbonyl (C=O) groups is 1. The Kier molecular flexibility index (Phi) is 1.55. The molecular formula is C4H7N3O2. The second kappa shape index (κ2) is 2.36. The van der Waals surface area contributed by atoms with E-state index in [1.165, 1.54) is 6.26 Å². The lowest BCUT2D eigenvalue weighted by Crippen LogP contribution is -2.46. The van der Waals surface area contributed by atoms with Gasteiger partial charge in [-0.3, -0.25) is 0 Å². The molecule has 0 saturated heterocycles. The van der Waals surface area contributed by atoms with E-state index >= 15 is 0 Å². The molecule has 0 radical (unpaired) electrons. The summed E-state index contributed by atoms with van der Waals surface area (Å²) >= 11 is 0. The lowest BCUT2D eigenvalue weighted by atomic mass is 10.6. The monoisotopic (exact) mass is 129 g/mol. The molecule has 0 atom stereocenters. The summed E-state index contributed by atoms with van der Waals surface area (Å²) < 4.78 is 0. The Morgan fingerprint density at radius 3 is 3.00 bits per heavy atom. The van der Waals surface area contributed by atoms with E-state index in [1.54, 1.807) is 6.08 Å². The number of hydrazine groups is 1. The van der Waals surface area contributed by atoms with Crippen LogP contribution in [0.2, 0.25) is 0 Å². The molecule has 0 bridgehead atoms. The average Bonchev–Trinajstić information content (AvgIpc) is 1.90. The van der Waals surface area contributed by atoms with Gasteiger partial charge in [-0.05, 0) is 6.08 Å². The first-order valence-corrected chi connectivity index (χ1v) is 2.44. The molecule has 1 aliphatic rings. The summed E-state index contributed by atoms with van der Waals surface area (Å²) in [5.74, 6) is 0. The molecule has 0 unspecified atom stereocenters. The van der Waals surface area contributed by atoms with Gasteiger partial charge in [-0.1, -0.05) is 5.59 Å². The molecule has 0 aromatic rings. The van der Waals surface area contributed by atoms with Gasteiger partial charge in [-0.2, -0.15) is 0 Å². The van der Waals surface area contributed by atoms with Crippen molar-refractivity contribution in [1.29, 1.82) is 0 Å². The SMILES string of the molecule is NC(=O)N1CC=CON1. The van der Waals surface area contributed by atoms with Crippen molar-refractivity contribution < 1.29 is 9.63 Å². The molecule has 9 heavy (non-hydrogen) atoms. The van der Waals surface area contributed by atoms with E-state index in [-0.39, 0.29) is 0 Å². The highest BCUT2D eigenvalue weighted by Gasteiger charge is 2.08. The Bertz CT molecular complexity index is 145. The van der Waals surface area contributed by atoms with Crippen molar-refractivity contribution >= 4 is 6.03 Å². The van der Waals surface area contributed by atoms with Gasteiger partial charge < -0.3 is 10.6 Å². The fraction of sp³-hybridized carbons (Fsp3) is 0.250. The van der Waals surface area contributed by atoms with Gasteiger partial charge in [-0.25, -0.2) is 9.80 Å². The standard InChI is InChI=1S/C4H7N3O2/c5-4(8)7-2-1-3-9-6-7/h1,3,6H,2H2,(H2,5,8). The average molecular weight is 129 g/mol. The predicted octanol–water partition coefficient (Wildman–Crippen LogP) is -0.669. The molecule has 1 rings (SSSR count). The summed E-state index contributed by atoms with van der Waals surface area (Å²) in [7, 11) is 0. The van der Waals surface area contributed by atoms with Crippen LogP contribution in [0.5, 0.6) is 0 Å². The van der Waals surface area contributed by atoms with Gasteiger partial charge >= 0.3 is 6.03 Å². The normalized spacial score (nSPS) is 17.1. The van der Waals surface area contributed by atoms with E-state index in [1.807, 2.05) is 0 Å². The van der Waals surface area contributed by atoms with E-state index in [9.17, 15) is 4.79 Å². The maximum Gasteiger partial charge on any atom is 0.331 e. The highest BCUT2D eigenvalue weighted by molar-refractivity contribution is 5.71. The van der Waals surface area contributed by atoms with Crippen molar-refractivity contribution in [2.24, 2.45) is 5.73 Å². The van der Waals surface area contributed by atoms with Crippen molar-refractivity contribution in [2.75, 3.05) is 6.54 Å². The summed E-state index contributed by atoms with van der Waals surface area (Å²) in [4.78, 5) is 14.9. The van der Waals surface area contributed by atoms with Crippen LogP contribution in [0.3, 0.4) is 0 Å². The summed E-state index contributed by atoms with van der Waals surface area (Å²) in [5, 5.41) is 1.14. The Labute approximate surface area is 52.0 Å². The van der Waals surface area contributed by atoms with Crippen LogP contribution in [0, 0.1) is 0 Å². The van der Waals surface area contributed by atoms with Gasteiger partial charge in [0.15, 0.2) is 0 Å². The van der Waals surface area contributed by atoms with E-state index in [4.69, 9.17) is 5.73 Å². The predicted molar refractivity (Wildman–Crippen MR) is 29.7 cm³/mol. The summed E-state index contributed by atoms with van der Waals surface area (Å²) in [6.07, 6.45) is 3.11. The zero-order chi connectivity index (χ0) is 6.69. The van der Waals surface area contributed by atoms with Crippen molar-refractivity contribution in [3.05, 3.63) is 12.3 Å². The topological polar surface area (TPSA) is 67.6 Å². The van der Waals surface area contributed by atoms with Gasteiger partial charge in [0.1, 0.15) is 6.26 Å². The third-order valence-electron chi connectivity index (χ3n) is 0.881. The van der Waals surface area contributed by atoms with Gasteiger partial charge in [0, 0.05) is 0 Å². The number of hydrogen-bond donors (Lipinski definition) is 2. The highest BCUT2D eigenvalue weighted by Crippen LogP contribution is 1.89. The van der Waals surface area contributed by atoms with Gasteiger partial charge in [0.2, 0.25) is 0 Å². The van der Waals surface area contributed by atoms with Crippen molar-refractivity contribution in [3.8, 4) is 0 Å². The Morgan fingerprint density at radius 2 is 2.67 bits per heavy atom. The number of hydrogen-bond acceptors (Lipinski definition) is 3. The first-order valence-electron chi connectivity index (χ1n) is 2.44. The number of carbonyl (C=O) groups excluding carboxylic acids is 1. The summed E-state index contributed by atoms with van der Waals surface area (Å²) in [6.45, 7) is 0.440. The minimum absolute atomic E-state index is 0.440. The number of nitrogens with zero attached hydrogens (tertiary/aromatic N) is 1. The zero-order valence-corrected chi connectivity index (χ0v) is 4.70. The molecule has 0 aromatic carbocycles. The van der Waals surface area contributed by atoms with Crippen LogP contribution in [0.25, 0.3) is 0 Å². The first-order chi connectivity index (χ1) is 4.30. The lowest BCUT2D eigenvalue weighted by molar-refractivity contribution is -0.00896. The van der Waals surface area contributed by atoms with E-state index < -0.39 is 6.03 Å². The zero-order valence-electron chi connectivity index (χ0n) is 4.70. The Hall–Kier alpha value is -1.23. The molecule has 0 saturated carbocycles. The molecule has 3 N–H and O–H groups in total. The fourth-order valence-corrected chi connectivity index (χ4v) is 0.463. The first kappa shape index (κ1) is 5.90. The lowest BCUT2D eigenvalue weighted by Gasteiger charge is -2.20. The maximum absolute atomic E-state index is 10.3. The molecule has 0 fully saturated rings. The number of urea groups is 1. The molecule has 2 amide bonds. The molecule has 5 heteroatoms. The number of rotatable bonds is 0. The van der Waals surface area contributed by atoms with E-state index in [0.29, 0.717) is 6.54 Å². The number of primary amides is 1. The quantitative estimate of drug-likeness (QED) is 0.455. The van der Waals surface area contributed by atoms with Gasteiger partial charge in [0.05, 0.1) is 6.54 Å². The van der Waals surface area contributed by atoms with Crippen LogP contribution in [0.15, 0.2) is 12.3 Å². The second-order valence-corrected chi connectivity index (χ2v) is 1.53. The van der Waals surface area contributed by atoms with Crippen molar-refractivity contribution in [3.63, 3.8) is 0 Å². The minimum Gasteiger partial charge on any atom is -0.397 e. The summed E-state index contributed by atoms with van der Waals surface area (Å²) in [6, 6.07) is -0.556. The third-order valence-corrected chi connectivity index (χ3v) is 0.881. The molecule has 1 aliphatic heterocycles. The maximum atomic E-state index is 10.3. The minimum atomic E-state index is -0.556. The van der Waals surface area contributed by atoms with Crippen molar-refractivity contribution in [2.45, 2.75) is 0 Å². The number of nitrogens with two attached hydrogens (primary N) is 1. The molecular weight excluding hydrogens is 122 g/mol. The molecule has 0 aliphatic carbocycles. The fourth-order valence-electron chi connectivity index (χ4n) is 0.463. The van der Waals surface area contributed by atoms with Crippen LogP contribution in [-0.4, -0.2) is 17.6 Å². The van der Waals surface area contributed by atoms with Crippen LogP contribution < -0.4 is 11.3 Å². The smallest absolute Gasteiger partial charge is 0.331 e. The number of nitrogens with one attached hydrogen (secondary N) is 1. The van der Waals surface area contributed by atoms with Gasteiger partial charge in [0.25, 0.3) is 0 Å².